The lowest BCUT2D eigenvalue weighted by molar-refractivity contribution is -0.110. The molecule has 1 unspecified atom stereocenters. The number of rotatable bonds is 6. The Morgan fingerprint density at radius 2 is 1.82 bits per heavy atom. The predicted molar refractivity (Wildman–Crippen MR) is 57.1 cm³/mol. The molecule has 0 aliphatic carbocycles. The van der Waals surface area contributed by atoms with Gasteiger partial charge in [0, 0.05) is 20.8 Å². The normalized spacial score (nSPS) is 23.6. The Balaban J connectivity index is 2.75. The van der Waals surface area contributed by atoms with E-state index in [2.05, 4.69) is 4.74 Å². The van der Waals surface area contributed by atoms with Gasteiger partial charge in [-0.3, -0.25) is 9.80 Å². The van der Waals surface area contributed by atoms with Gasteiger partial charge in [0.25, 0.3) is 0 Å². The van der Waals surface area contributed by atoms with Crippen LogP contribution in [0.5, 0.6) is 0 Å². The molecule has 17 heavy (non-hydrogen) atoms. The largest absolute Gasteiger partial charge is 0.383 e. The number of urea groups is 1. The van der Waals surface area contributed by atoms with Gasteiger partial charge in [0.05, 0.1) is 19.8 Å². The summed E-state index contributed by atoms with van der Waals surface area (Å²) < 4.78 is 36.8. The molecule has 0 bridgehead atoms. The molecule has 0 spiro atoms. The summed E-state index contributed by atoms with van der Waals surface area (Å²) in [4.78, 5) is 13.0. The number of alkyl halides is 3. The minimum atomic E-state index is -3.40. The van der Waals surface area contributed by atoms with Crippen molar-refractivity contribution in [2.24, 2.45) is 0 Å². The van der Waals surface area contributed by atoms with Gasteiger partial charge in [-0.15, -0.1) is 0 Å². The molecular weight excluding hydrogens is 258 g/mol. The van der Waals surface area contributed by atoms with E-state index in [9.17, 15) is 13.6 Å². The topological polar surface area (TPSA) is 42.0 Å². The maximum absolute atomic E-state index is 13.7. The zero-order valence-corrected chi connectivity index (χ0v) is 10.4. The second-order valence-corrected chi connectivity index (χ2v) is 3.95. The Hall–Kier alpha value is -0.660. The fourth-order valence-corrected chi connectivity index (χ4v) is 1.82. The highest BCUT2D eigenvalue weighted by molar-refractivity contribution is 6.22. The first-order valence-corrected chi connectivity index (χ1v) is 5.48. The van der Waals surface area contributed by atoms with Crippen LogP contribution in [0, 0.1) is 0 Å². The quantitative estimate of drug-likeness (QED) is 0.538. The van der Waals surface area contributed by atoms with Crippen LogP contribution in [0.1, 0.15) is 0 Å². The molecule has 0 radical (unpaired) electrons. The summed E-state index contributed by atoms with van der Waals surface area (Å²) in [6.45, 7) is 0.0177. The molecular formula is C9H15ClF2N2O3. The van der Waals surface area contributed by atoms with Crippen LogP contribution in [0.15, 0.2) is 0 Å². The Morgan fingerprint density at radius 1 is 1.29 bits per heavy atom. The fourth-order valence-electron chi connectivity index (χ4n) is 1.52. The van der Waals surface area contributed by atoms with Crippen LogP contribution in [-0.2, 0) is 9.47 Å². The van der Waals surface area contributed by atoms with Crippen molar-refractivity contribution in [1.29, 1.82) is 0 Å². The Kier molecular flexibility index (Phi) is 4.91. The van der Waals surface area contributed by atoms with Gasteiger partial charge in [0.2, 0.25) is 0 Å². The van der Waals surface area contributed by atoms with E-state index in [-0.39, 0.29) is 26.3 Å². The SMILES string of the molecule is COCCN1C(=O)N(CCOC)C(F)(F)C1Cl. The predicted octanol–water partition coefficient (Wildman–Crippen LogP) is 1.17. The molecule has 1 saturated heterocycles. The molecule has 0 saturated carbocycles. The zero-order chi connectivity index (χ0) is 13.1. The minimum absolute atomic E-state index is 0.0303. The fraction of sp³-hybridized carbons (Fsp3) is 0.889. The Bertz CT molecular complexity index is 281. The van der Waals surface area contributed by atoms with E-state index in [4.69, 9.17) is 16.3 Å². The summed E-state index contributed by atoms with van der Waals surface area (Å²) in [5.41, 5.74) is -1.68. The number of amides is 2. The number of nitrogens with zero attached hydrogens (tertiary/aromatic N) is 2. The summed E-state index contributed by atoms with van der Waals surface area (Å²) in [6, 6.07) is -4.20. The molecule has 100 valence electrons. The second kappa shape index (κ2) is 5.79. The van der Waals surface area contributed by atoms with Crippen LogP contribution in [0.4, 0.5) is 13.6 Å². The highest BCUT2D eigenvalue weighted by Gasteiger charge is 2.58. The lowest BCUT2D eigenvalue weighted by atomic mass is 10.4. The third-order valence-electron chi connectivity index (χ3n) is 2.45. The molecule has 0 aromatic carbocycles. The van der Waals surface area contributed by atoms with E-state index < -0.39 is 17.6 Å². The van der Waals surface area contributed by atoms with Gasteiger partial charge >= 0.3 is 12.1 Å². The van der Waals surface area contributed by atoms with E-state index in [0.717, 1.165) is 4.90 Å². The van der Waals surface area contributed by atoms with Gasteiger partial charge in [-0.25, -0.2) is 4.79 Å². The van der Waals surface area contributed by atoms with Gasteiger partial charge in [0.15, 0.2) is 5.50 Å². The minimum Gasteiger partial charge on any atom is -0.383 e. The van der Waals surface area contributed by atoms with E-state index in [0.29, 0.717) is 4.90 Å². The average molecular weight is 273 g/mol. The molecule has 0 N–H and O–H groups in total. The number of ether oxygens (including phenoxy) is 2. The third-order valence-corrected chi connectivity index (χ3v) is 2.95. The lowest BCUT2D eigenvalue weighted by Crippen LogP contribution is -2.43. The van der Waals surface area contributed by atoms with Gasteiger partial charge in [-0.2, -0.15) is 8.78 Å². The number of hydrogen-bond donors (Lipinski definition) is 0. The first kappa shape index (κ1) is 14.4. The van der Waals surface area contributed by atoms with E-state index >= 15 is 0 Å². The van der Waals surface area contributed by atoms with Crippen LogP contribution >= 0.6 is 11.6 Å². The van der Waals surface area contributed by atoms with Crippen LogP contribution in [0.25, 0.3) is 0 Å². The summed E-state index contributed by atoms with van der Waals surface area (Å²) >= 11 is 5.59. The van der Waals surface area contributed by atoms with Crippen LogP contribution in [-0.4, -0.2) is 67.9 Å². The first-order valence-electron chi connectivity index (χ1n) is 5.04. The van der Waals surface area contributed by atoms with Crippen molar-refractivity contribution in [2.45, 2.75) is 11.5 Å². The van der Waals surface area contributed by atoms with Crippen molar-refractivity contribution in [1.82, 2.24) is 9.80 Å². The molecule has 1 rings (SSSR count). The molecule has 5 nitrogen and oxygen atoms in total. The number of carbonyl (C=O) groups excluding carboxylic acids is 1. The van der Waals surface area contributed by atoms with Gasteiger partial charge in [-0.1, -0.05) is 11.6 Å². The van der Waals surface area contributed by atoms with Crippen molar-refractivity contribution in [3.63, 3.8) is 0 Å². The van der Waals surface area contributed by atoms with Crippen LogP contribution in [0.3, 0.4) is 0 Å². The smallest absolute Gasteiger partial charge is 0.363 e. The van der Waals surface area contributed by atoms with Crippen molar-refractivity contribution >= 4 is 17.6 Å². The highest BCUT2D eigenvalue weighted by Crippen LogP contribution is 2.37. The first-order chi connectivity index (χ1) is 7.96. The molecule has 1 aliphatic rings. The van der Waals surface area contributed by atoms with Gasteiger partial charge in [0.1, 0.15) is 0 Å². The number of halogens is 3. The van der Waals surface area contributed by atoms with Crippen molar-refractivity contribution < 1.29 is 23.0 Å². The Labute approximate surface area is 103 Å². The van der Waals surface area contributed by atoms with E-state index in [1.54, 1.807) is 0 Å². The molecule has 8 heteroatoms. The standard InChI is InChI=1S/C9H15ClF2N2O3/c1-16-5-3-13-7(10)9(11,12)14(8(13)15)4-6-17-2/h7H,3-6H2,1-2H3. The number of methoxy groups -OCH3 is 2. The maximum Gasteiger partial charge on any atom is 0.363 e. The molecule has 1 atom stereocenters. The summed E-state index contributed by atoms with van der Waals surface area (Å²) in [5, 5.41) is 0. The van der Waals surface area contributed by atoms with Crippen molar-refractivity contribution in [3.8, 4) is 0 Å². The lowest BCUT2D eigenvalue weighted by Gasteiger charge is -2.22. The van der Waals surface area contributed by atoms with E-state index in [1.807, 2.05) is 0 Å². The highest BCUT2D eigenvalue weighted by atomic mass is 35.5. The molecule has 1 heterocycles. The third kappa shape index (κ3) is 2.78. The Morgan fingerprint density at radius 3 is 2.35 bits per heavy atom. The van der Waals surface area contributed by atoms with Gasteiger partial charge < -0.3 is 9.47 Å². The maximum atomic E-state index is 13.7. The zero-order valence-electron chi connectivity index (χ0n) is 9.66. The van der Waals surface area contributed by atoms with Crippen molar-refractivity contribution in [3.05, 3.63) is 0 Å². The van der Waals surface area contributed by atoms with Crippen LogP contribution in [0.2, 0.25) is 0 Å². The van der Waals surface area contributed by atoms with Crippen molar-refractivity contribution in [2.75, 3.05) is 40.5 Å². The number of carbonyl (C=O) groups is 1. The summed E-state index contributed by atoms with van der Waals surface area (Å²) in [6.07, 6.45) is 0. The second-order valence-electron chi connectivity index (χ2n) is 3.54. The van der Waals surface area contributed by atoms with Gasteiger partial charge in [-0.05, 0) is 0 Å². The summed E-state index contributed by atoms with van der Waals surface area (Å²) in [5.74, 6) is 0. The molecule has 0 aromatic rings. The van der Waals surface area contributed by atoms with Crippen LogP contribution < -0.4 is 0 Å². The number of hydrogen-bond acceptors (Lipinski definition) is 3. The van der Waals surface area contributed by atoms with E-state index in [1.165, 1.54) is 14.2 Å². The average Bonchev–Trinajstić information content (AvgIpc) is 2.43. The summed E-state index contributed by atoms with van der Waals surface area (Å²) in [7, 11) is 2.80. The molecule has 1 fully saturated rings. The molecule has 2 amide bonds. The molecule has 0 aromatic heterocycles. The molecule has 1 aliphatic heterocycles. The monoisotopic (exact) mass is 272 g/mol.